The minimum Gasteiger partial charge on any atom is -0.340 e. The van der Waals surface area contributed by atoms with Gasteiger partial charge < -0.3 is 10.2 Å². The fraction of sp³-hybridized carbons (Fsp3) is 0.286. The van der Waals surface area contributed by atoms with Crippen molar-refractivity contribution in [2.75, 3.05) is 27.2 Å². The predicted molar refractivity (Wildman–Crippen MR) is 81.1 cm³/mol. The Morgan fingerprint density at radius 3 is 2.68 bits per heavy atom. The van der Waals surface area contributed by atoms with Gasteiger partial charge in [0.2, 0.25) is 0 Å². The van der Waals surface area contributed by atoms with Crippen molar-refractivity contribution in [1.82, 2.24) is 20.0 Å². The number of non-ortho nitro benzene ring substituents is 1. The summed E-state index contributed by atoms with van der Waals surface area (Å²) in [6.07, 6.45) is 3.10. The minimum atomic E-state index is -0.460. The van der Waals surface area contributed by atoms with Gasteiger partial charge in [0.15, 0.2) is 0 Å². The van der Waals surface area contributed by atoms with Crippen molar-refractivity contribution >= 4 is 11.6 Å². The first-order chi connectivity index (χ1) is 10.5. The first-order valence-corrected chi connectivity index (χ1v) is 6.72. The zero-order valence-corrected chi connectivity index (χ0v) is 12.4. The summed E-state index contributed by atoms with van der Waals surface area (Å²) in [5.74, 6) is -0.122. The molecule has 0 aliphatic carbocycles. The van der Waals surface area contributed by atoms with Gasteiger partial charge in [-0.1, -0.05) is 0 Å². The van der Waals surface area contributed by atoms with Crippen LogP contribution in [0.5, 0.6) is 0 Å². The number of hydrogen-bond acceptors (Lipinski definition) is 5. The highest BCUT2D eigenvalue weighted by Crippen LogP contribution is 2.15. The Balaban J connectivity index is 2.13. The molecular weight excluding hydrogens is 286 g/mol. The highest BCUT2D eigenvalue weighted by molar-refractivity contribution is 5.93. The van der Waals surface area contributed by atoms with E-state index in [1.807, 2.05) is 7.05 Å². The molecule has 1 amide bonds. The third kappa shape index (κ3) is 3.47. The summed E-state index contributed by atoms with van der Waals surface area (Å²) in [7, 11) is 3.55. The Morgan fingerprint density at radius 1 is 1.41 bits per heavy atom. The predicted octanol–water partition coefficient (Wildman–Crippen LogP) is 1.07. The Hall–Kier alpha value is -2.74. The van der Waals surface area contributed by atoms with Crippen LogP contribution in [0.15, 0.2) is 36.7 Å². The summed E-state index contributed by atoms with van der Waals surface area (Å²) < 4.78 is 1.52. The average molecular weight is 303 g/mol. The highest BCUT2D eigenvalue weighted by atomic mass is 16.6. The van der Waals surface area contributed by atoms with Gasteiger partial charge in [0.25, 0.3) is 11.6 Å². The number of nitrogens with one attached hydrogen (secondary N) is 1. The number of nitro groups is 1. The lowest BCUT2D eigenvalue weighted by molar-refractivity contribution is -0.384. The number of amides is 1. The molecule has 116 valence electrons. The normalized spacial score (nSPS) is 10.5. The number of rotatable bonds is 6. The number of nitro benzene ring substituents is 1. The van der Waals surface area contributed by atoms with Crippen LogP contribution in [0, 0.1) is 10.1 Å². The maximum Gasteiger partial charge on any atom is 0.269 e. The van der Waals surface area contributed by atoms with Crippen molar-refractivity contribution in [2.45, 2.75) is 0 Å². The zero-order chi connectivity index (χ0) is 16.1. The van der Waals surface area contributed by atoms with Crippen LogP contribution in [0.2, 0.25) is 0 Å². The smallest absolute Gasteiger partial charge is 0.269 e. The lowest BCUT2D eigenvalue weighted by Crippen LogP contribution is -2.32. The summed E-state index contributed by atoms with van der Waals surface area (Å²) in [4.78, 5) is 24.0. The van der Waals surface area contributed by atoms with E-state index in [4.69, 9.17) is 0 Å². The molecular formula is C14H17N5O3. The molecule has 22 heavy (non-hydrogen) atoms. The number of benzene rings is 1. The summed E-state index contributed by atoms with van der Waals surface area (Å²) >= 11 is 0. The van der Waals surface area contributed by atoms with Crippen molar-refractivity contribution in [3.05, 3.63) is 52.3 Å². The second-order valence-electron chi connectivity index (χ2n) is 4.78. The van der Waals surface area contributed by atoms with Crippen molar-refractivity contribution in [2.24, 2.45) is 0 Å². The molecule has 0 fully saturated rings. The van der Waals surface area contributed by atoms with Crippen molar-refractivity contribution in [3.8, 4) is 5.69 Å². The van der Waals surface area contributed by atoms with E-state index in [1.165, 1.54) is 23.0 Å². The molecule has 1 N–H and O–H groups in total. The average Bonchev–Trinajstić information content (AvgIpc) is 3.01. The van der Waals surface area contributed by atoms with E-state index in [-0.39, 0.29) is 11.6 Å². The number of likely N-dealkylation sites (N-methyl/N-ethyl adjacent to an activating group) is 2. The van der Waals surface area contributed by atoms with Gasteiger partial charge in [-0.2, -0.15) is 5.10 Å². The maximum absolute atomic E-state index is 12.2. The van der Waals surface area contributed by atoms with Gasteiger partial charge in [-0.15, -0.1) is 0 Å². The molecule has 0 aliphatic heterocycles. The van der Waals surface area contributed by atoms with Crippen molar-refractivity contribution in [3.63, 3.8) is 0 Å². The first kappa shape index (κ1) is 15.6. The fourth-order valence-corrected chi connectivity index (χ4v) is 1.90. The molecule has 1 aromatic heterocycles. The van der Waals surface area contributed by atoms with E-state index >= 15 is 0 Å². The molecule has 2 rings (SSSR count). The number of nitrogens with zero attached hydrogens (tertiary/aromatic N) is 4. The largest absolute Gasteiger partial charge is 0.340 e. The number of aromatic nitrogens is 2. The Kier molecular flexibility index (Phi) is 4.84. The van der Waals surface area contributed by atoms with Crippen LogP contribution < -0.4 is 5.32 Å². The standard InChI is InChI=1S/C14H17N5O3/c1-15-7-8-17(2)14(20)11-9-16-18(10-11)12-3-5-13(6-4-12)19(21)22/h3-6,9-10,15H,7-8H2,1-2H3. The van der Waals surface area contributed by atoms with Gasteiger partial charge in [-0.05, 0) is 19.2 Å². The van der Waals surface area contributed by atoms with Crippen molar-refractivity contribution in [1.29, 1.82) is 0 Å². The van der Waals surface area contributed by atoms with Gasteiger partial charge in [0.1, 0.15) is 0 Å². The number of hydrogen-bond donors (Lipinski definition) is 1. The van der Waals surface area contributed by atoms with Crippen LogP contribution in [0.25, 0.3) is 5.69 Å². The summed E-state index contributed by atoms with van der Waals surface area (Å²) in [5.41, 5.74) is 1.14. The van der Waals surface area contributed by atoms with Gasteiger partial charge in [0.05, 0.1) is 22.4 Å². The Morgan fingerprint density at radius 2 is 2.09 bits per heavy atom. The molecule has 1 aromatic carbocycles. The summed E-state index contributed by atoms with van der Waals surface area (Å²) in [6, 6.07) is 5.98. The molecule has 0 saturated carbocycles. The van der Waals surface area contributed by atoms with Crippen LogP contribution in [0.1, 0.15) is 10.4 Å². The molecule has 0 atom stereocenters. The monoisotopic (exact) mass is 303 g/mol. The summed E-state index contributed by atoms with van der Waals surface area (Å²) in [6.45, 7) is 1.30. The quantitative estimate of drug-likeness (QED) is 0.636. The molecule has 0 saturated heterocycles. The summed E-state index contributed by atoms with van der Waals surface area (Å²) in [5, 5.41) is 17.7. The van der Waals surface area contributed by atoms with Crippen LogP contribution in [-0.2, 0) is 0 Å². The number of carbonyl (C=O) groups is 1. The third-order valence-electron chi connectivity index (χ3n) is 3.20. The zero-order valence-electron chi connectivity index (χ0n) is 12.4. The van der Waals surface area contributed by atoms with E-state index < -0.39 is 4.92 Å². The second kappa shape index (κ2) is 6.81. The first-order valence-electron chi connectivity index (χ1n) is 6.72. The Bertz CT molecular complexity index is 665. The van der Waals surface area contributed by atoms with Crippen LogP contribution >= 0.6 is 0 Å². The SMILES string of the molecule is CNCCN(C)C(=O)c1cnn(-c2ccc([N+](=O)[O-])cc2)c1. The van der Waals surface area contributed by atoms with E-state index in [0.717, 1.165) is 0 Å². The lowest BCUT2D eigenvalue weighted by atomic mass is 10.3. The molecule has 0 aliphatic rings. The highest BCUT2D eigenvalue weighted by Gasteiger charge is 2.14. The number of carbonyl (C=O) groups excluding carboxylic acids is 1. The van der Waals surface area contributed by atoms with E-state index in [1.54, 1.807) is 30.3 Å². The van der Waals surface area contributed by atoms with E-state index in [9.17, 15) is 14.9 Å². The van der Waals surface area contributed by atoms with Gasteiger partial charge in [-0.3, -0.25) is 14.9 Å². The molecule has 0 unspecified atom stereocenters. The molecule has 0 radical (unpaired) electrons. The molecule has 8 heteroatoms. The fourth-order valence-electron chi connectivity index (χ4n) is 1.90. The van der Waals surface area contributed by atoms with Crippen LogP contribution in [0.4, 0.5) is 5.69 Å². The molecule has 0 bridgehead atoms. The van der Waals surface area contributed by atoms with Crippen LogP contribution in [0.3, 0.4) is 0 Å². The van der Waals surface area contributed by atoms with E-state index in [0.29, 0.717) is 24.3 Å². The molecule has 0 spiro atoms. The van der Waals surface area contributed by atoms with Gasteiger partial charge >= 0.3 is 0 Å². The topological polar surface area (TPSA) is 93.3 Å². The van der Waals surface area contributed by atoms with Gasteiger partial charge in [-0.25, -0.2) is 4.68 Å². The maximum atomic E-state index is 12.2. The third-order valence-corrected chi connectivity index (χ3v) is 3.20. The molecule has 2 aromatic rings. The minimum absolute atomic E-state index is 0.0130. The molecule has 1 heterocycles. The van der Waals surface area contributed by atoms with E-state index in [2.05, 4.69) is 10.4 Å². The lowest BCUT2D eigenvalue weighted by Gasteiger charge is -2.15. The Labute approximate surface area is 127 Å². The second-order valence-corrected chi connectivity index (χ2v) is 4.78. The van der Waals surface area contributed by atoms with Crippen molar-refractivity contribution < 1.29 is 9.72 Å². The van der Waals surface area contributed by atoms with Gasteiger partial charge in [0, 0.05) is 38.5 Å². The van der Waals surface area contributed by atoms with Crippen LogP contribution in [-0.4, -0.2) is 52.7 Å². The molecule has 8 nitrogen and oxygen atoms in total.